The Hall–Kier alpha value is -2.54. The van der Waals surface area contributed by atoms with Crippen LogP contribution in [0.1, 0.15) is 10.4 Å². The predicted molar refractivity (Wildman–Crippen MR) is 86.3 cm³/mol. The molecule has 124 valence electrons. The van der Waals surface area contributed by atoms with Gasteiger partial charge in [0.2, 0.25) is 0 Å². The number of benzene rings is 2. The highest BCUT2D eigenvalue weighted by molar-refractivity contribution is 7.94. The Labute approximate surface area is 137 Å². The van der Waals surface area contributed by atoms with Crippen LogP contribution in [0.3, 0.4) is 0 Å². The second-order valence-corrected chi connectivity index (χ2v) is 7.32. The number of nitrogens with zero attached hydrogens (tertiary/aromatic N) is 1. The van der Waals surface area contributed by atoms with Crippen LogP contribution in [0.5, 0.6) is 0 Å². The van der Waals surface area contributed by atoms with Gasteiger partial charge in [0, 0.05) is 16.7 Å². The van der Waals surface area contributed by atoms with E-state index < -0.39 is 33.4 Å². The molecule has 0 unspecified atom stereocenters. The highest BCUT2D eigenvalue weighted by Crippen LogP contribution is 2.25. The van der Waals surface area contributed by atoms with Crippen LogP contribution in [-0.4, -0.2) is 26.1 Å². The van der Waals surface area contributed by atoms with Gasteiger partial charge in [-0.05, 0) is 48.5 Å². The predicted octanol–water partition coefficient (Wildman–Crippen LogP) is 2.92. The maximum Gasteiger partial charge on any atom is 0.258 e. The van der Waals surface area contributed by atoms with E-state index in [4.69, 9.17) is 0 Å². The van der Waals surface area contributed by atoms with Gasteiger partial charge in [0.25, 0.3) is 5.91 Å². The molecular weight excluding hydrogens is 336 g/mol. The number of anilines is 1. The third-order valence-corrected chi connectivity index (χ3v) is 5.02. The SMILES string of the molecule is O=C(c1cccc(F)c1)N(c1ccc(F)cc1)[C@H]1C=CS(=O)(=O)C1. The molecule has 0 saturated carbocycles. The molecule has 3 rings (SSSR count). The van der Waals surface area contributed by atoms with Gasteiger partial charge in [-0.2, -0.15) is 0 Å². The minimum atomic E-state index is -3.40. The van der Waals surface area contributed by atoms with E-state index in [2.05, 4.69) is 0 Å². The average Bonchev–Trinajstić information content (AvgIpc) is 2.89. The van der Waals surface area contributed by atoms with Crippen LogP contribution in [0.15, 0.2) is 60.0 Å². The topological polar surface area (TPSA) is 54.5 Å². The zero-order valence-corrected chi connectivity index (χ0v) is 13.2. The Morgan fingerprint density at radius 2 is 1.75 bits per heavy atom. The van der Waals surface area contributed by atoms with Gasteiger partial charge in [-0.15, -0.1) is 0 Å². The minimum Gasteiger partial charge on any atom is -0.300 e. The van der Waals surface area contributed by atoms with Crippen LogP contribution in [0, 0.1) is 11.6 Å². The van der Waals surface area contributed by atoms with Crippen LogP contribution in [0.25, 0.3) is 0 Å². The molecule has 0 spiro atoms. The zero-order valence-electron chi connectivity index (χ0n) is 12.4. The van der Waals surface area contributed by atoms with Crippen molar-refractivity contribution < 1.29 is 22.0 Å². The third-order valence-electron chi connectivity index (χ3n) is 3.64. The van der Waals surface area contributed by atoms with E-state index in [-0.39, 0.29) is 11.3 Å². The van der Waals surface area contributed by atoms with Gasteiger partial charge < -0.3 is 4.90 Å². The van der Waals surface area contributed by atoms with Gasteiger partial charge in [-0.3, -0.25) is 4.79 Å². The highest BCUT2D eigenvalue weighted by atomic mass is 32.2. The van der Waals surface area contributed by atoms with Crippen molar-refractivity contribution in [1.82, 2.24) is 0 Å². The molecule has 0 aliphatic carbocycles. The summed E-state index contributed by atoms with van der Waals surface area (Å²) in [6.07, 6.45) is 1.40. The first-order valence-corrected chi connectivity index (χ1v) is 8.83. The summed E-state index contributed by atoms with van der Waals surface area (Å²) in [5, 5.41) is 1.05. The number of amides is 1. The molecule has 1 amide bonds. The summed E-state index contributed by atoms with van der Waals surface area (Å²) in [7, 11) is -3.40. The van der Waals surface area contributed by atoms with Crippen LogP contribution >= 0.6 is 0 Å². The van der Waals surface area contributed by atoms with E-state index in [1.165, 1.54) is 53.4 Å². The maximum atomic E-state index is 13.4. The lowest BCUT2D eigenvalue weighted by Crippen LogP contribution is -2.41. The summed E-state index contributed by atoms with van der Waals surface area (Å²) in [6.45, 7) is 0. The van der Waals surface area contributed by atoms with Gasteiger partial charge in [-0.1, -0.05) is 6.07 Å². The molecule has 0 radical (unpaired) electrons. The Kier molecular flexibility index (Phi) is 4.19. The van der Waals surface area contributed by atoms with Crippen LogP contribution < -0.4 is 4.90 Å². The summed E-state index contributed by atoms with van der Waals surface area (Å²) in [5.74, 6) is -1.89. The number of hydrogen-bond donors (Lipinski definition) is 0. The Morgan fingerprint density at radius 3 is 2.33 bits per heavy atom. The molecular formula is C17H13F2NO3S. The standard InChI is InChI=1S/C17H13F2NO3S/c18-13-4-6-15(7-5-13)20(16-8-9-24(22,23)11-16)17(21)12-2-1-3-14(19)10-12/h1-10,16H,11H2/t16-/m0/s1. The van der Waals surface area contributed by atoms with Crippen LogP contribution in [0.4, 0.5) is 14.5 Å². The lowest BCUT2D eigenvalue weighted by molar-refractivity contribution is 0.0982. The molecule has 1 heterocycles. The fourth-order valence-corrected chi connectivity index (χ4v) is 3.81. The van der Waals surface area contributed by atoms with Crippen molar-refractivity contribution in [2.75, 3.05) is 10.7 Å². The third kappa shape index (κ3) is 3.35. The smallest absolute Gasteiger partial charge is 0.258 e. The van der Waals surface area contributed by atoms with Crippen LogP contribution in [0.2, 0.25) is 0 Å². The van der Waals surface area contributed by atoms with Crippen molar-refractivity contribution in [3.8, 4) is 0 Å². The van der Waals surface area contributed by atoms with Crippen molar-refractivity contribution in [2.24, 2.45) is 0 Å². The Bertz CT molecular complexity index is 908. The van der Waals surface area contributed by atoms with E-state index in [9.17, 15) is 22.0 Å². The molecule has 4 nitrogen and oxygen atoms in total. The van der Waals surface area contributed by atoms with E-state index in [1.54, 1.807) is 0 Å². The molecule has 1 aliphatic rings. The Morgan fingerprint density at radius 1 is 1.04 bits per heavy atom. The largest absolute Gasteiger partial charge is 0.300 e. The molecule has 2 aromatic carbocycles. The number of carbonyl (C=O) groups is 1. The van der Waals surface area contributed by atoms with Gasteiger partial charge in [0.15, 0.2) is 9.84 Å². The first-order valence-electron chi connectivity index (χ1n) is 7.11. The van der Waals surface area contributed by atoms with Crippen molar-refractivity contribution in [3.63, 3.8) is 0 Å². The van der Waals surface area contributed by atoms with Gasteiger partial charge in [0.05, 0.1) is 11.8 Å². The summed E-state index contributed by atoms with van der Waals surface area (Å²) in [5.41, 5.74) is 0.412. The van der Waals surface area contributed by atoms with Crippen molar-refractivity contribution in [2.45, 2.75) is 6.04 Å². The summed E-state index contributed by atoms with van der Waals surface area (Å²) >= 11 is 0. The molecule has 7 heteroatoms. The van der Waals surface area contributed by atoms with Crippen molar-refractivity contribution in [3.05, 3.63) is 77.2 Å². The monoisotopic (exact) mass is 349 g/mol. The fraction of sp³-hybridized carbons (Fsp3) is 0.118. The second-order valence-electron chi connectivity index (χ2n) is 5.39. The number of hydrogen-bond acceptors (Lipinski definition) is 3. The van der Waals surface area contributed by atoms with E-state index in [1.807, 2.05) is 0 Å². The Balaban J connectivity index is 2.03. The van der Waals surface area contributed by atoms with E-state index in [0.29, 0.717) is 5.69 Å². The first-order chi connectivity index (χ1) is 11.4. The maximum absolute atomic E-state index is 13.4. The second kappa shape index (κ2) is 6.16. The van der Waals surface area contributed by atoms with Crippen molar-refractivity contribution >= 4 is 21.4 Å². The molecule has 1 aliphatic heterocycles. The quantitative estimate of drug-likeness (QED) is 0.856. The molecule has 0 bridgehead atoms. The number of rotatable bonds is 3. The molecule has 0 N–H and O–H groups in total. The molecule has 0 fully saturated rings. The van der Waals surface area contributed by atoms with Gasteiger partial charge in [-0.25, -0.2) is 17.2 Å². The van der Waals surface area contributed by atoms with Crippen LogP contribution in [-0.2, 0) is 9.84 Å². The molecule has 2 aromatic rings. The molecule has 24 heavy (non-hydrogen) atoms. The van der Waals surface area contributed by atoms with Crippen molar-refractivity contribution in [1.29, 1.82) is 0 Å². The zero-order chi connectivity index (χ0) is 17.3. The summed E-state index contributed by atoms with van der Waals surface area (Å²) in [4.78, 5) is 14.0. The first kappa shape index (κ1) is 16.3. The van der Waals surface area contributed by atoms with E-state index in [0.717, 1.165) is 11.5 Å². The summed E-state index contributed by atoms with van der Waals surface area (Å²) in [6, 6.07) is 9.49. The number of halogens is 2. The van der Waals surface area contributed by atoms with E-state index >= 15 is 0 Å². The summed E-state index contributed by atoms with van der Waals surface area (Å²) < 4.78 is 50.0. The lowest BCUT2D eigenvalue weighted by Gasteiger charge is -2.27. The lowest BCUT2D eigenvalue weighted by atomic mass is 10.1. The normalized spacial score (nSPS) is 18.5. The molecule has 0 saturated heterocycles. The number of sulfone groups is 1. The average molecular weight is 349 g/mol. The van der Waals surface area contributed by atoms with Gasteiger partial charge >= 0.3 is 0 Å². The fourth-order valence-electron chi connectivity index (χ4n) is 2.54. The molecule has 0 aromatic heterocycles. The minimum absolute atomic E-state index is 0.0806. The number of carbonyl (C=O) groups excluding carboxylic acids is 1. The van der Waals surface area contributed by atoms with Gasteiger partial charge in [0.1, 0.15) is 11.6 Å². The highest BCUT2D eigenvalue weighted by Gasteiger charge is 2.32. The molecule has 1 atom stereocenters.